The van der Waals surface area contributed by atoms with Crippen LogP contribution in [0.3, 0.4) is 0 Å². The average molecular weight is 388 g/mol. The molecular formula is C20H24N2O4S. The third-order valence-electron chi connectivity index (χ3n) is 5.64. The Balaban J connectivity index is 1.28. The standard InChI is InChI=1S/C20H24N2O4S/c23-17(13-26-19(24)20(25)9-3-4-10-20)22-11-7-14(8-12-22)18-21-15-5-1-2-6-16(15)27-18/h1-2,5-6,14,25H,3-4,7-13H2. The van der Waals surface area contributed by atoms with Crippen LogP contribution in [0, 0.1) is 0 Å². The maximum absolute atomic E-state index is 12.4. The highest BCUT2D eigenvalue weighted by atomic mass is 32.1. The summed E-state index contributed by atoms with van der Waals surface area (Å²) in [7, 11) is 0. The summed E-state index contributed by atoms with van der Waals surface area (Å²) in [5.41, 5.74) is -0.354. The molecule has 1 saturated carbocycles. The van der Waals surface area contributed by atoms with Gasteiger partial charge in [0.25, 0.3) is 5.91 Å². The Morgan fingerprint density at radius 3 is 2.63 bits per heavy atom. The summed E-state index contributed by atoms with van der Waals surface area (Å²) in [6, 6.07) is 8.13. The van der Waals surface area contributed by atoms with Gasteiger partial charge >= 0.3 is 5.97 Å². The number of carbonyl (C=O) groups excluding carboxylic acids is 2. The number of hydrogen-bond acceptors (Lipinski definition) is 6. The average Bonchev–Trinajstić information content (AvgIpc) is 3.33. The highest BCUT2D eigenvalue weighted by Gasteiger charge is 2.40. The molecule has 0 atom stereocenters. The van der Waals surface area contributed by atoms with E-state index in [1.54, 1.807) is 16.2 Å². The Morgan fingerprint density at radius 1 is 1.22 bits per heavy atom. The molecule has 4 rings (SSSR count). The second kappa shape index (κ2) is 7.56. The van der Waals surface area contributed by atoms with E-state index >= 15 is 0 Å². The SMILES string of the molecule is O=C(COC(=O)C1(O)CCCC1)N1CCC(c2nc3ccccc3s2)CC1. The van der Waals surface area contributed by atoms with Crippen LogP contribution in [0.1, 0.15) is 49.5 Å². The summed E-state index contributed by atoms with van der Waals surface area (Å²) in [5, 5.41) is 11.3. The van der Waals surface area contributed by atoms with Gasteiger partial charge in [-0.25, -0.2) is 9.78 Å². The Morgan fingerprint density at radius 2 is 1.93 bits per heavy atom. The molecule has 27 heavy (non-hydrogen) atoms. The summed E-state index contributed by atoms with van der Waals surface area (Å²) in [6.07, 6.45) is 4.21. The van der Waals surface area contributed by atoms with Gasteiger partial charge in [0.05, 0.1) is 15.2 Å². The summed E-state index contributed by atoms with van der Waals surface area (Å²) in [5.74, 6) is -0.474. The summed E-state index contributed by atoms with van der Waals surface area (Å²) in [6.45, 7) is 0.995. The number of piperidine rings is 1. The number of amides is 1. The van der Waals surface area contributed by atoms with Gasteiger partial charge < -0.3 is 14.7 Å². The molecule has 6 nitrogen and oxygen atoms in total. The monoisotopic (exact) mass is 388 g/mol. The molecule has 2 fully saturated rings. The van der Waals surface area contributed by atoms with E-state index in [0.717, 1.165) is 36.2 Å². The topological polar surface area (TPSA) is 79.7 Å². The summed E-state index contributed by atoms with van der Waals surface area (Å²) < 4.78 is 6.30. The normalized spacial score (nSPS) is 20.1. The minimum absolute atomic E-state index is 0.187. The molecule has 0 unspecified atom stereocenters. The van der Waals surface area contributed by atoms with Crippen molar-refractivity contribution in [3.63, 3.8) is 0 Å². The first-order chi connectivity index (χ1) is 13.0. The van der Waals surface area contributed by atoms with E-state index in [-0.39, 0.29) is 12.5 Å². The van der Waals surface area contributed by atoms with Crippen LogP contribution in [0.25, 0.3) is 10.2 Å². The molecule has 1 aliphatic heterocycles. The fourth-order valence-corrected chi connectivity index (χ4v) is 5.09. The molecule has 1 aromatic carbocycles. The quantitative estimate of drug-likeness (QED) is 0.815. The lowest BCUT2D eigenvalue weighted by Gasteiger charge is -2.31. The van der Waals surface area contributed by atoms with Gasteiger partial charge in [0, 0.05) is 19.0 Å². The van der Waals surface area contributed by atoms with E-state index < -0.39 is 11.6 Å². The molecule has 0 spiro atoms. The highest BCUT2D eigenvalue weighted by molar-refractivity contribution is 7.18. The first-order valence-electron chi connectivity index (χ1n) is 9.58. The number of rotatable bonds is 4. The molecule has 1 N–H and O–H groups in total. The first-order valence-corrected chi connectivity index (χ1v) is 10.4. The molecule has 1 saturated heterocycles. The van der Waals surface area contributed by atoms with Gasteiger partial charge in [0.1, 0.15) is 0 Å². The minimum Gasteiger partial charge on any atom is -0.453 e. The van der Waals surface area contributed by atoms with Crippen LogP contribution in [0.2, 0.25) is 0 Å². The van der Waals surface area contributed by atoms with E-state index in [1.165, 1.54) is 4.70 Å². The second-order valence-corrected chi connectivity index (χ2v) is 8.55. The minimum atomic E-state index is -1.39. The van der Waals surface area contributed by atoms with Gasteiger partial charge in [-0.05, 0) is 50.7 Å². The van der Waals surface area contributed by atoms with Gasteiger partial charge in [-0.15, -0.1) is 11.3 Å². The number of esters is 1. The van der Waals surface area contributed by atoms with E-state index in [4.69, 9.17) is 9.72 Å². The number of carbonyl (C=O) groups is 2. The van der Waals surface area contributed by atoms with Crippen molar-refractivity contribution in [3.05, 3.63) is 29.3 Å². The smallest absolute Gasteiger partial charge is 0.338 e. The molecule has 1 aliphatic carbocycles. The number of benzene rings is 1. The van der Waals surface area contributed by atoms with Crippen LogP contribution in [-0.4, -0.2) is 52.2 Å². The van der Waals surface area contributed by atoms with Crippen molar-refractivity contribution in [1.82, 2.24) is 9.88 Å². The number of para-hydroxylation sites is 1. The van der Waals surface area contributed by atoms with Crippen LogP contribution in [0.5, 0.6) is 0 Å². The van der Waals surface area contributed by atoms with E-state index in [9.17, 15) is 14.7 Å². The van der Waals surface area contributed by atoms with E-state index in [1.807, 2.05) is 18.2 Å². The van der Waals surface area contributed by atoms with Crippen LogP contribution < -0.4 is 0 Å². The number of aliphatic hydroxyl groups is 1. The Labute approximate surface area is 162 Å². The zero-order valence-corrected chi connectivity index (χ0v) is 16.0. The summed E-state index contributed by atoms with van der Waals surface area (Å²) >= 11 is 1.73. The number of nitrogens with zero attached hydrogens (tertiary/aromatic N) is 2. The number of likely N-dealkylation sites (tertiary alicyclic amines) is 1. The number of ether oxygens (including phenoxy) is 1. The van der Waals surface area contributed by atoms with Crippen LogP contribution in [0.4, 0.5) is 0 Å². The molecule has 144 valence electrons. The lowest BCUT2D eigenvalue weighted by Crippen LogP contribution is -2.43. The first kappa shape index (κ1) is 18.4. The van der Waals surface area contributed by atoms with Crippen LogP contribution in [0.15, 0.2) is 24.3 Å². The maximum Gasteiger partial charge on any atom is 0.338 e. The molecule has 1 amide bonds. The molecule has 1 aromatic heterocycles. The van der Waals surface area contributed by atoms with E-state index in [2.05, 4.69) is 6.07 Å². The molecular weight excluding hydrogens is 364 g/mol. The van der Waals surface area contributed by atoms with E-state index in [0.29, 0.717) is 31.8 Å². The molecule has 2 aliphatic rings. The lowest BCUT2D eigenvalue weighted by atomic mass is 9.97. The van der Waals surface area contributed by atoms with Crippen molar-refractivity contribution in [2.75, 3.05) is 19.7 Å². The van der Waals surface area contributed by atoms with Gasteiger partial charge in [-0.2, -0.15) is 0 Å². The maximum atomic E-state index is 12.4. The molecule has 2 heterocycles. The number of hydrogen-bond donors (Lipinski definition) is 1. The van der Waals surface area contributed by atoms with Gasteiger partial charge in [0.15, 0.2) is 12.2 Å². The van der Waals surface area contributed by atoms with Crippen molar-refractivity contribution in [1.29, 1.82) is 0 Å². The van der Waals surface area contributed by atoms with Crippen molar-refractivity contribution >= 4 is 33.4 Å². The lowest BCUT2D eigenvalue weighted by molar-refractivity contribution is -0.168. The van der Waals surface area contributed by atoms with Crippen molar-refractivity contribution in [2.24, 2.45) is 0 Å². The van der Waals surface area contributed by atoms with Crippen LogP contribution in [-0.2, 0) is 14.3 Å². The molecule has 0 bridgehead atoms. The third-order valence-corrected chi connectivity index (χ3v) is 6.84. The van der Waals surface area contributed by atoms with Crippen molar-refractivity contribution in [2.45, 2.75) is 50.0 Å². The fraction of sp³-hybridized carbons (Fsp3) is 0.550. The van der Waals surface area contributed by atoms with Gasteiger partial charge in [-0.1, -0.05) is 12.1 Å². The Hall–Kier alpha value is -1.99. The highest BCUT2D eigenvalue weighted by Crippen LogP contribution is 2.34. The zero-order chi connectivity index (χ0) is 18.9. The third kappa shape index (κ3) is 3.84. The molecule has 2 aromatic rings. The van der Waals surface area contributed by atoms with Crippen molar-refractivity contribution < 1.29 is 19.4 Å². The van der Waals surface area contributed by atoms with Gasteiger partial charge in [-0.3, -0.25) is 4.79 Å². The molecule has 7 heteroatoms. The largest absolute Gasteiger partial charge is 0.453 e. The van der Waals surface area contributed by atoms with Crippen molar-refractivity contribution in [3.8, 4) is 0 Å². The zero-order valence-electron chi connectivity index (χ0n) is 15.2. The number of thiazole rings is 1. The second-order valence-electron chi connectivity index (χ2n) is 7.49. The predicted molar refractivity (Wildman–Crippen MR) is 103 cm³/mol. The Bertz CT molecular complexity index is 802. The number of aromatic nitrogens is 1. The van der Waals surface area contributed by atoms with Gasteiger partial charge in [0.2, 0.25) is 0 Å². The predicted octanol–water partition coefficient (Wildman–Crippen LogP) is 2.85. The van der Waals surface area contributed by atoms with Crippen LogP contribution >= 0.6 is 11.3 Å². The number of fused-ring (bicyclic) bond motifs is 1. The molecule has 0 radical (unpaired) electrons. The Kier molecular flexibility index (Phi) is 5.14. The summed E-state index contributed by atoms with van der Waals surface area (Å²) in [4.78, 5) is 30.9. The fourth-order valence-electron chi connectivity index (χ4n) is 3.96.